The van der Waals surface area contributed by atoms with Crippen molar-refractivity contribution < 1.29 is 19.5 Å². The standard InChI is InChI=1S/C14H15N3O4/c18-12-6-5-11(16-17-12)13(19)15-8-7-9-1-3-10(4-2-9)14(20)21/h1-4H,5-8H2,(H,15,19)(H,17,18)(H,20,21). The average molecular weight is 289 g/mol. The lowest BCUT2D eigenvalue weighted by Gasteiger charge is -2.11. The number of benzene rings is 1. The molecule has 0 bridgehead atoms. The van der Waals surface area contributed by atoms with Gasteiger partial charge in [-0.25, -0.2) is 10.2 Å². The second-order valence-corrected chi connectivity index (χ2v) is 4.60. The van der Waals surface area contributed by atoms with Crippen LogP contribution in [0.3, 0.4) is 0 Å². The Morgan fingerprint density at radius 2 is 1.95 bits per heavy atom. The number of aromatic carboxylic acids is 1. The van der Waals surface area contributed by atoms with Crippen molar-refractivity contribution in [3.63, 3.8) is 0 Å². The molecule has 2 amide bonds. The van der Waals surface area contributed by atoms with Crippen LogP contribution in [0.15, 0.2) is 29.4 Å². The summed E-state index contributed by atoms with van der Waals surface area (Å²) in [7, 11) is 0. The van der Waals surface area contributed by atoms with Crippen molar-refractivity contribution >= 4 is 23.5 Å². The van der Waals surface area contributed by atoms with Crippen LogP contribution < -0.4 is 10.7 Å². The van der Waals surface area contributed by atoms with Crippen molar-refractivity contribution in [3.8, 4) is 0 Å². The van der Waals surface area contributed by atoms with Gasteiger partial charge in [-0.15, -0.1) is 0 Å². The summed E-state index contributed by atoms with van der Waals surface area (Å²) in [6, 6.07) is 6.49. The first-order valence-electron chi connectivity index (χ1n) is 6.52. The summed E-state index contributed by atoms with van der Waals surface area (Å²) < 4.78 is 0. The highest BCUT2D eigenvalue weighted by Crippen LogP contribution is 2.05. The molecule has 1 aliphatic rings. The SMILES string of the molecule is O=C1CCC(C(=O)NCCc2ccc(C(=O)O)cc2)=NN1. The quantitative estimate of drug-likeness (QED) is 0.725. The minimum absolute atomic E-state index is 0.190. The minimum Gasteiger partial charge on any atom is -0.478 e. The Bertz CT molecular complexity index is 593. The summed E-state index contributed by atoms with van der Waals surface area (Å²) in [5.41, 5.74) is 3.75. The van der Waals surface area contributed by atoms with Crippen molar-refractivity contribution in [2.24, 2.45) is 5.10 Å². The lowest BCUT2D eigenvalue weighted by Crippen LogP contribution is -2.37. The van der Waals surface area contributed by atoms with Crippen LogP contribution in [0.2, 0.25) is 0 Å². The van der Waals surface area contributed by atoms with Gasteiger partial charge in [0, 0.05) is 19.4 Å². The monoisotopic (exact) mass is 289 g/mol. The van der Waals surface area contributed by atoms with E-state index >= 15 is 0 Å². The number of rotatable bonds is 5. The van der Waals surface area contributed by atoms with E-state index in [1.54, 1.807) is 12.1 Å². The predicted octanol–water partition coefficient (Wildman–Crippen LogP) is 0.309. The molecule has 0 unspecified atom stereocenters. The Morgan fingerprint density at radius 1 is 1.24 bits per heavy atom. The molecule has 0 saturated heterocycles. The maximum Gasteiger partial charge on any atom is 0.335 e. The average Bonchev–Trinajstić information content (AvgIpc) is 2.48. The van der Waals surface area contributed by atoms with Crippen LogP contribution in [-0.2, 0) is 16.0 Å². The van der Waals surface area contributed by atoms with Gasteiger partial charge in [-0.3, -0.25) is 9.59 Å². The molecule has 7 heteroatoms. The van der Waals surface area contributed by atoms with Gasteiger partial charge >= 0.3 is 5.97 Å². The van der Waals surface area contributed by atoms with Gasteiger partial charge in [-0.1, -0.05) is 12.1 Å². The molecule has 0 radical (unpaired) electrons. The number of nitrogens with zero attached hydrogens (tertiary/aromatic N) is 1. The zero-order chi connectivity index (χ0) is 15.2. The van der Waals surface area contributed by atoms with E-state index in [4.69, 9.17) is 5.11 Å². The van der Waals surface area contributed by atoms with E-state index in [0.29, 0.717) is 25.1 Å². The Kier molecular flexibility index (Phi) is 4.65. The van der Waals surface area contributed by atoms with Gasteiger partial charge < -0.3 is 10.4 Å². The molecule has 0 fully saturated rings. The van der Waals surface area contributed by atoms with Crippen LogP contribution >= 0.6 is 0 Å². The summed E-state index contributed by atoms with van der Waals surface area (Å²) in [6.07, 6.45) is 1.19. The third-order valence-corrected chi connectivity index (χ3v) is 3.07. The summed E-state index contributed by atoms with van der Waals surface area (Å²) >= 11 is 0. The van der Waals surface area contributed by atoms with Gasteiger partial charge in [0.2, 0.25) is 5.91 Å². The van der Waals surface area contributed by atoms with Gasteiger partial charge in [-0.05, 0) is 24.1 Å². The van der Waals surface area contributed by atoms with E-state index in [-0.39, 0.29) is 23.8 Å². The van der Waals surface area contributed by atoms with E-state index in [0.717, 1.165) is 5.56 Å². The second kappa shape index (κ2) is 6.65. The van der Waals surface area contributed by atoms with E-state index in [2.05, 4.69) is 15.8 Å². The van der Waals surface area contributed by atoms with Crippen LogP contribution in [0.4, 0.5) is 0 Å². The van der Waals surface area contributed by atoms with Gasteiger partial charge in [0.1, 0.15) is 5.71 Å². The molecule has 2 rings (SSSR count). The molecule has 1 aromatic rings. The third-order valence-electron chi connectivity index (χ3n) is 3.07. The molecule has 1 aromatic carbocycles. The first kappa shape index (κ1) is 14.7. The number of hydrogen-bond donors (Lipinski definition) is 3. The van der Waals surface area contributed by atoms with Crippen LogP contribution in [0.25, 0.3) is 0 Å². The first-order valence-corrected chi connectivity index (χ1v) is 6.52. The van der Waals surface area contributed by atoms with E-state index in [9.17, 15) is 14.4 Å². The fraction of sp³-hybridized carbons (Fsp3) is 0.286. The fourth-order valence-corrected chi connectivity index (χ4v) is 1.87. The van der Waals surface area contributed by atoms with Crippen molar-refractivity contribution in [1.29, 1.82) is 0 Å². The minimum atomic E-state index is -0.966. The number of hydrogen-bond acceptors (Lipinski definition) is 4. The number of carboxylic acids is 1. The maximum atomic E-state index is 11.8. The van der Waals surface area contributed by atoms with Gasteiger partial charge in [0.25, 0.3) is 5.91 Å². The molecule has 0 spiro atoms. The molecule has 7 nitrogen and oxygen atoms in total. The number of nitrogens with one attached hydrogen (secondary N) is 2. The van der Waals surface area contributed by atoms with Crippen LogP contribution in [0.5, 0.6) is 0 Å². The topological polar surface area (TPSA) is 108 Å². The van der Waals surface area contributed by atoms with Gasteiger partial charge in [0.05, 0.1) is 5.56 Å². The molecule has 0 saturated carbocycles. The van der Waals surface area contributed by atoms with E-state index in [1.807, 2.05) is 0 Å². The zero-order valence-corrected chi connectivity index (χ0v) is 11.3. The van der Waals surface area contributed by atoms with Crippen LogP contribution in [0, 0.1) is 0 Å². The highest BCUT2D eigenvalue weighted by atomic mass is 16.4. The molecule has 0 aromatic heterocycles. The molecule has 3 N–H and O–H groups in total. The molecule has 1 heterocycles. The highest BCUT2D eigenvalue weighted by Gasteiger charge is 2.17. The fourth-order valence-electron chi connectivity index (χ4n) is 1.87. The molecule has 0 aliphatic carbocycles. The van der Waals surface area contributed by atoms with Crippen molar-refractivity contribution in [3.05, 3.63) is 35.4 Å². The molecule has 21 heavy (non-hydrogen) atoms. The Hall–Kier alpha value is -2.70. The van der Waals surface area contributed by atoms with Crippen molar-refractivity contribution in [2.45, 2.75) is 19.3 Å². The van der Waals surface area contributed by atoms with Crippen LogP contribution in [-0.4, -0.2) is 35.1 Å². The summed E-state index contributed by atoms with van der Waals surface area (Å²) in [5, 5.41) is 15.2. The smallest absolute Gasteiger partial charge is 0.335 e. The van der Waals surface area contributed by atoms with Crippen LogP contribution in [0.1, 0.15) is 28.8 Å². The molecular weight excluding hydrogens is 274 g/mol. The van der Waals surface area contributed by atoms with Crippen molar-refractivity contribution in [1.82, 2.24) is 10.7 Å². The maximum absolute atomic E-state index is 11.8. The van der Waals surface area contributed by atoms with Gasteiger partial charge in [0.15, 0.2) is 0 Å². The highest BCUT2D eigenvalue weighted by molar-refractivity contribution is 6.39. The number of amides is 2. The Balaban J connectivity index is 1.80. The van der Waals surface area contributed by atoms with E-state index in [1.165, 1.54) is 12.1 Å². The molecule has 0 atom stereocenters. The largest absolute Gasteiger partial charge is 0.478 e. The summed E-state index contributed by atoms with van der Waals surface area (Å²) in [4.78, 5) is 33.4. The normalized spacial score (nSPS) is 14.1. The lowest BCUT2D eigenvalue weighted by molar-refractivity contribution is -0.121. The zero-order valence-electron chi connectivity index (χ0n) is 11.3. The molecular formula is C14H15N3O4. The Labute approximate surface area is 121 Å². The number of carbonyl (C=O) groups excluding carboxylic acids is 2. The molecule has 110 valence electrons. The second-order valence-electron chi connectivity index (χ2n) is 4.60. The van der Waals surface area contributed by atoms with Crippen molar-refractivity contribution in [2.75, 3.05) is 6.54 Å². The number of hydrazone groups is 1. The van der Waals surface area contributed by atoms with E-state index < -0.39 is 5.97 Å². The summed E-state index contributed by atoms with van der Waals surface area (Å²) in [6.45, 7) is 0.415. The lowest BCUT2D eigenvalue weighted by atomic mass is 10.1. The Morgan fingerprint density at radius 3 is 2.52 bits per heavy atom. The summed E-state index contributed by atoms with van der Waals surface area (Å²) in [5.74, 6) is -1.45. The van der Waals surface area contributed by atoms with Gasteiger partial charge in [-0.2, -0.15) is 5.10 Å². The number of carboxylic acid groups (broad SMARTS) is 1. The number of carbonyl (C=O) groups is 3. The first-order chi connectivity index (χ1) is 10.1. The molecule has 1 aliphatic heterocycles. The predicted molar refractivity (Wildman–Crippen MR) is 74.9 cm³/mol. The third kappa shape index (κ3) is 4.13.